The molecule has 0 spiro atoms. The first-order chi connectivity index (χ1) is 6.28. The lowest BCUT2D eigenvalue weighted by Crippen LogP contribution is -2.41. The Morgan fingerprint density at radius 1 is 1.21 bits per heavy atom. The molecule has 1 N–H and O–H groups in total. The van der Waals surface area contributed by atoms with Crippen LogP contribution in [0.25, 0.3) is 0 Å². The lowest BCUT2D eigenvalue weighted by molar-refractivity contribution is 0.287. The van der Waals surface area contributed by atoms with E-state index in [9.17, 15) is 0 Å². The maximum Gasteiger partial charge on any atom is 0.192 e. The molecule has 2 nitrogen and oxygen atoms in total. The van der Waals surface area contributed by atoms with E-state index in [4.69, 9.17) is 4.43 Å². The molecule has 3 heteroatoms. The summed E-state index contributed by atoms with van der Waals surface area (Å²) in [7, 11) is -1.51. The van der Waals surface area contributed by atoms with E-state index in [0.717, 1.165) is 12.6 Å². The third-order valence-electron chi connectivity index (χ3n) is 3.67. The largest absolute Gasteiger partial charge is 0.415 e. The van der Waals surface area contributed by atoms with Crippen molar-refractivity contribution >= 4 is 8.32 Å². The third-order valence-corrected chi connectivity index (χ3v) is 8.18. The van der Waals surface area contributed by atoms with Crippen LogP contribution < -0.4 is 5.32 Å². The monoisotopic (exact) mass is 215 g/mol. The molecular weight excluding hydrogens is 190 g/mol. The summed E-state index contributed by atoms with van der Waals surface area (Å²) in [4.78, 5) is 0. The minimum absolute atomic E-state index is 0.337. The fraction of sp³-hybridized carbons (Fsp3) is 1.00. The lowest BCUT2D eigenvalue weighted by Gasteiger charge is -2.36. The summed E-state index contributed by atoms with van der Waals surface area (Å²) in [5.74, 6) is 0. The van der Waals surface area contributed by atoms with Crippen molar-refractivity contribution in [2.45, 2.75) is 64.3 Å². The highest BCUT2D eigenvalue weighted by atomic mass is 28.4. The lowest BCUT2D eigenvalue weighted by atomic mass is 10.2. The first kappa shape index (κ1) is 12.2. The van der Waals surface area contributed by atoms with Crippen molar-refractivity contribution in [3.63, 3.8) is 0 Å². The zero-order valence-electron chi connectivity index (χ0n) is 10.5. The van der Waals surface area contributed by atoms with Gasteiger partial charge in [0.1, 0.15) is 0 Å². The van der Waals surface area contributed by atoms with E-state index in [1.807, 2.05) is 0 Å². The molecule has 0 saturated carbocycles. The molecule has 0 aromatic rings. The van der Waals surface area contributed by atoms with E-state index in [0.29, 0.717) is 11.1 Å². The highest BCUT2D eigenvalue weighted by Crippen LogP contribution is 2.37. The normalized spacial score (nSPS) is 27.9. The van der Waals surface area contributed by atoms with Crippen LogP contribution in [-0.4, -0.2) is 27.0 Å². The molecule has 1 saturated heterocycles. The summed E-state index contributed by atoms with van der Waals surface area (Å²) in [5.41, 5.74) is 0. The molecular formula is C11H25NOSi. The molecule has 0 radical (unpaired) electrons. The minimum Gasteiger partial charge on any atom is -0.415 e. The van der Waals surface area contributed by atoms with E-state index in [1.165, 1.54) is 6.42 Å². The molecule has 84 valence electrons. The van der Waals surface area contributed by atoms with E-state index in [2.05, 4.69) is 46.1 Å². The summed E-state index contributed by atoms with van der Waals surface area (Å²) in [6.07, 6.45) is 1.23. The van der Waals surface area contributed by atoms with Gasteiger partial charge in [0, 0.05) is 12.1 Å². The van der Waals surface area contributed by atoms with Gasteiger partial charge in [-0.15, -0.1) is 0 Å². The highest BCUT2D eigenvalue weighted by Gasteiger charge is 2.41. The second kappa shape index (κ2) is 3.95. The van der Waals surface area contributed by atoms with Gasteiger partial charge in [-0.2, -0.15) is 0 Å². The fourth-order valence-corrected chi connectivity index (χ4v) is 2.33. The van der Waals surface area contributed by atoms with Crippen LogP contribution in [0.1, 0.15) is 34.1 Å². The van der Waals surface area contributed by atoms with Crippen LogP contribution in [0.3, 0.4) is 0 Å². The molecule has 0 aromatic heterocycles. The summed E-state index contributed by atoms with van der Waals surface area (Å²) >= 11 is 0. The molecule has 1 heterocycles. The predicted molar refractivity (Wildman–Crippen MR) is 64.2 cm³/mol. The summed E-state index contributed by atoms with van der Waals surface area (Å²) in [5, 5.41) is 3.78. The van der Waals surface area contributed by atoms with Gasteiger partial charge in [-0.3, -0.25) is 0 Å². The smallest absolute Gasteiger partial charge is 0.192 e. The average molecular weight is 215 g/mol. The van der Waals surface area contributed by atoms with Gasteiger partial charge in [0.15, 0.2) is 8.32 Å². The predicted octanol–water partition coefficient (Wildman–Crippen LogP) is 2.76. The van der Waals surface area contributed by atoms with Crippen molar-refractivity contribution < 1.29 is 4.43 Å². The van der Waals surface area contributed by atoms with Crippen molar-refractivity contribution in [3.8, 4) is 0 Å². The molecule has 2 unspecified atom stereocenters. The Bertz CT molecular complexity index is 198. The number of nitrogens with one attached hydrogen (secondary N) is 1. The first-order valence-electron chi connectivity index (χ1n) is 5.68. The van der Waals surface area contributed by atoms with Crippen LogP contribution in [0.5, 0.6) is 0 Å². The van der Waals surface area contributed by atoms with Gasteiger partial charge >= 0.3 is 0 Å². The van der Waals surface area contributed by atoms with Gasteiger partial charge in [-0.05, 0) is 24.6 Å². The molecule has 14 heavy (non-hydrogen) atoms. The molecule has 0 bridgehead atoms. The van der Waals surface area contributed by atoms with E-state index in [-0.39, 0.29) is 0 Å². The molecule has 1 fully saturated rings. The van der Waals surface area contributed by atoms with Crippen LogP contribution in [0.2, 0.25) is 18.1 Å². The second-order valence-electron chi connectivity index (χ2n) is 5.86. The van der Waals surface area contributed by atoms with Crippen molar-refractivity contribution in [2.24, 2.45) is 0 Å². The second-order valence-corrected chi connectivity index (χ2v) is 10.7. The minimum atomic E-state index is -1.51. The van der Waals surface area contributed by atoms with Gasteiger partial charge in [0.05, 0.1) is 6.61 Å². The van der Waals surface area contributed by atoms with Crippen LogP contribution in [-0.2, 0) is 4.43 Å². The zero-order valence-corrected chi connectivity index (χ0v) is 11.5. The Balaban J connectivity index is 2.31. The maximum atomic E-state index is 6.13. The third kappa shape index (κ3) is 2.81. The summed E-state index contributed by atoms with van der Waals surface area (Å²) in [6, 6.07) is 1.36. The van der Waals surface area contributed by atoms with E-state index in [1.54, 1.807) is 0 Å². The number of rotatable bonds is 4. The number of hydrogen-bond donors (Lipinski definition) is 1. The quantitative estimate of drug-likeness (QED) is 0.577. The van der Waals surface area contributed by atoms with Crippen molar-refractivity contribution in [1.82, 2.24) is 5.32 Å². The van der Waals surface area contributed by atoms with Crippen molar-refractivity contribution in [3.05, 3.63) is 0 Å². The zero-order chi connectivity index (χ0) is 11.0. The van der Waals surface area contributed by atoms with Crippen molar-refractivity contribution in [2.75, 3.05) is 6.61 Å². The van der Waals surface area contributed by atoms with Crippen molar-refractivity contribution in [1.29, 1.82) is 0 Å². The van der Waals surface area contributed by atoms with Crippen LogP contribution in [0.4, 0.5) is 0 Å². The average Bonchev–Trinajstić information content (AvgIpc) is 2.77. The maximum absolute atomic E-state index is 6.13. The van der Waals surface area contributed by atoms with Gasteiger partial charge < -0.3 is 9.74 Å². The fourth-order valence-electron chi connectivity index (χ4n) is 1.30. The SMILES string of the molecule is CCC1NC1CO[Si](C)(C)C(C)(C)C. The van der Waals surface area contributed by atoms with E-state index < -0.39 is 8.32 Å². The molecule has 1 rings (SSSR count). The Labute approximate surface area is 89.6 Å². The van der Waals surface area contributed by atoms with Gasteiger partial charge in [-0.25, -0.2) is 0 Å². The summed E-state index contributed by atoms with van der Waals surface area (Å²) < 4.78 is 6.13. The molecule has 1 aliphatic rings. The molecule has 0 aromatic carbocycles. The van der Waals surface area contributed by atoms with Gasteiger partial charge in [0.25, 0.3) is 0 Å². The first-order valence-corrected chi connectivity index (χ1v) is 8.59. The van der Waals surface area contributed by atoms with Gasteiger partial charge in [0.2, 0.25) is 0 Å². The standard InChI is InChI=1S/C11H25NOSi/c1-7-9-10(12-9)8-13-14(5,6)11(2,3)4/h9-10,12H,7-8H2,1-6H3. The molecule has 2 atom stereocenters. The highest BCUT2D eigenvalue weighted by molar-refractivity contribution is 6.74. The van der Waals surface area contributed by atoms with Gasteiger partial charge in [-0.1, -0.05) is 27.7 Å². The summed E-state index contributed by atoms with van der Waals surface area (Å²) in [6.45, 7) is 14.6. The molecule has 0 aliphatic carbocycles. The Morgan fingerprint density at radius 3 is 2.14 bits per heavy atom. The van der Waals surface area contributed by atoms with Crippen LogP contribution >= 0.6 is 0 Å². The van der Waals surface area contributed by atoms with Crippen LogP contribution in [0, 0.1) is 0 Å². The van der Waals surface area contributed by atoms with Crippen LogP contribution in [0.15, 0.2) is 0 Å². The topological polar surface area (TPSA) is 31.2 Å². The number of hydrogen-bond acceptors (Lipinski definition) is 2. The molecule has 1 aliphatic heterocycles. The Kier molecular flexibility index (Phi) is 3.44. The Hall–Kier alpha value is 0.137. The molecule has 0 amide bonds. The Morgan fingerprint density at radius 2 is 1.79 bits per heavy atom. The van der Waals surface area contributed by atoms with E-state index >= 15 is 0 Å².